The highest BCUT2D eigenvalue weighted by Gasteiger charge is 2.31. The molecule has 2 amide bonds. The number of aryl methyl sites for hydroxylation is 1. The number of hydrogen-bond donors (Lipinski definition) is 1. The smallest absolute Gasteiger partial charge is 0.309 e. The van der Waals surface area contributed by atoms with Gasteiger partial charge >= 0.3 is 5.97 Å². The molecule has 6 heteroatoms. The van der Waals surface area contributed by atoms with Gasteiger partial charge in [0.15, 0.2) is 6.10 Å². The molecule has 1 N–H and O–H groups in total. The van der Waals surface area contributed by atoms with Crippen molar-refractivity contribution in [2.24, 2.45) is 5.92 Å². The SMILES string of the molecule is Cc1ccccc1C(=O)N1CCC(C(=O)OC(C)C(=O)NC2CCCCC2)CC1. The number of carbonyl (C=O) groups is 3. The summed E-state index contributed by atoms with van der Waals surface area (Å²) in [6.45, 7) is 4.61. The minimum Gasteiger partial charge on any atom is -0.452 e. The van der Waals surface area contributed by atoms with Gasteiger partial charge in [0.2, 0.25) is 0 Å². The Labute approximate surface area is 173 Å². The molecule has 2 fully saturated rings. The first-order chi connectivity index (χ1) is 14.0. The number of piperidine rings is 1. The van der Waals surface area contributed by atoms with Crippen LogP contribution in [0.5, 0.6) is 0 Å². The third-order valence-electron chi connectivity index (χ3n) is 6.10. The summed E-state index contributed by atoms with van der Waals surface area (Å²) in [5, 5.41) is 3.00. The van der Waals surface area contributed by atoms with E-state index in [0.29, 0.717) is 31.5 Å². The molecule has 29 heavy (non-hydrogen) atoms. The topological polar surface area (TPSA) is 75.7 Å². The molecule has 158 valence electrons. The number of ether oxygens (including phenoxy) is 1. The van der Waals surface area contributed by atoms with Crippen LogP contribution in [-0.4, -0.2) is 47.9 Å². The number of benzene rings is 1. The number of nitrogens with zero attached hydrogens (tertiary/aromatic N) is 1. The van der Waals surface area contributed by atoms with E-state index in [1.54, 1.807) is 11.8 Å². The fourth-order valence-electron chi connectivity index (χ4n) is 4.19. The van der Waals surface area contributed by atoms with Crippen molar-refractivity contribution in [1.82, 2.24) is 10.2 Å². The van der Waals surface area contributed by atoms with Crippen molar-refractivity contribution < 1.29 is 19.1 Å². The Hall–Kier alpha value is -2.37. The number of nitrogens with one attached hydrogen (secondary N) is 1. The predicted molar refractivity (Wildman–Crippen MR) is 110 cm³/mol. The highest BCUT2D eigenvalue weighted by atomic mass is 16.5. The first-order valence-corrected chi connectivity index (χ1v) is 10.8. The van der Waals surface area contributed by atoms with E-state index in [-0.39, 0.29) is 29.7 Å². The maximum Gasteiger partial charge on any atom is 0.309 e. The summed E-state index contributed by atoms with van der Waals surface area (Å²) in [5.74, 6) is -0.798. The lowest BCUT2D eigenvalue weighted by molar-refractivity contribution is -0.160. The van der Waals surface area contributed by atoms with Crippen molar-refractivity contribution in [2.45, 2.75) is 70.9 Å². The summed E-state index contributed by atoms with van der Waals surface area (Å²) in [7, 11) is 0. The van der Waals surface area contributed by atoms with E-state index >= 15 is 0 Å². The van der Waals surface area contributed by atoms with Crippen molar-refractivity contribution in [3.05, 3.63) is 35.4 Å². The van der Waals surface area contributed by atoms with Crippen LogP contribution in [0, 0.1) is 12.8 Å². The molecule has 6 nitrogen and oxygen atoms in total. The number of rotatable bonds is 5. The predicted octanol–water partition coefficient (Wildman–Crippen LogP) is 3.23. The Kier molecular flexibility index (Phi) is 7.29. The molecule has 0 bridgehead atoms. The first kappa shape index (κ1) is 21.3. The van der Waals surface area contributed by atoms with Crippen LogP contribution in [0.4, 0.5) is 0 Å². The average molecular weight is 401 g/mol. The molecule has 1 aromatic carbocycles. The highest BCUT2D eigenvalue weighted by molar-refractivity contribution is 5.95. The van der Waals surface area contributed by atoms with E-state index in [9.17, 15) is 14.4 Å². The highest BCUT2D eigenvalue weighted by Crippen LogP contribution is 2.22. The quantitative estimate of drug-likeness (QED) is 0.770. The van der Waals surface area contributed by atoms with Crippen LogP contribution in [0.3, 0.4) is 0 Å². The van der Waals surface area contributed by atoms with Crippen molar-refractivity contribution >= 4 is 17.8 Å². The second kappa shape index (κ2) is 9.90. The summed E-state index contributed by atoms with van der Waals surface area (Å²) in [4.78, 5) is 39.3. The van der Waals surface area contributed by atoms with Crippen LogP contribution < -0.4 is 5.32 Å². The van der Waals surface area contributed by atoms with Gasteiger partial charge in [0.05, 0.1) is 5.92 Å². The summed E-state index contributed by atoms with van der Waals surface area (Å²) in [6, 6.07) is 7.75. The minimum atomic E-state index is -0.781. The maximum absolute atomic E-state index is 12.7. The largest absolute Gasteiger partial charge is 0.452 e. The normalized spacial score (nSPS) is 19.4. The monoisotopic (exact) mass is 400 g/mol. The van der Waals surface area contributed by atoms with E-state index in [1.165, 1.54) is 6.42 Å². The molecule has 1 aliphatic carbocycles. The fraction of sp³-hybridized carbons (Fsp3) is 0.609. The van der Waals surface area contributed by atoms with Gasteiger partial charge in [0.1, 0.15) is 0 Å². The van der Waals surface area contributed by atoms with Gasteiger partial charge in [-0.1, -0.05) is 37.5 Å². The Morgan fingerprint density at radius 3 is 2.34 bits per heavy atom. The Balaban J connectivity index is 1.45. The molecule has 0 aromatic heterocycles. The zero-order valence-electron chi connectivity index (χ0n) is 17.5. The van der Waals surface area contributed by atoms with E-state index in [1.807, 2.05) is 31.2 Å². The van der Waals surface area contributed by atoms with Gasteiger partial charge in [-0.25, -0.2) is 0 Å². The van der Waals surface area contributed by atoms with Gasteiger partial charge in [-0.15, -0.1) is 0 Å². The van der Waals surface area contributed by atoms with E-state index < -0.39 is 6.10 Å². The van der Waals surface area contributed by atoms with Crippen molar-refractivity contribution in [1.29, 1.82) is 0 Å². The fourth-order valence-corrected chi connectivity index (χ4v) is 4.19. The first-order valence-electron chi connectivity index (χ1n) is 10.8. The summed E-state index contributed by atoms with van der Waals surface area (Å²) < 4.78 is 5.44. The summed E-state index contributed by atoms with van der Waals surface area (Å²) in [6.07, 6.45) is 5.84. The Morgan fingerprint density at radius 1 is 1.03 bits per heavy atom. The average Bonchev–Trinajstić information content (AvgIpc) is 2.74. The molecule has 1 heterocycles. The Bertz CT molecular complexity index is 734. The molecule has 1 aliphatic heterocycles. The minimum absolute atomic E-state index is 0.00939. The molecule has 2 aliphatic rings. The Morgan fingerprint density at radius 2 is 1.69 bits per heavy atom. The maximum atomic E-state index is 12.7. The van der Waals surface area contributed by atoms with Gasteiger partial charge in [-0.2, -0.15) is 0 Å². The number of hydrogen-bond acceptors (Lipinski definition) is 4. The van der Waals surface area contributed by atoms with Gasteiger partial charge in [-0.3, -0.25) is 14.4 Å². The molecule has 1 unspecified atom stereocenters. The summed E-state index contributed by atoms with van der Waals surface area (Å²) in [5.41, 5.74) is 1.67. The van der Waals surface area contributed by atoms with Crippen LogP contribution >= 0.6 is 0 Å². The van der Waals surface area contributed by atoms with E-state index in [2.05, 4.69) is 5.32 Å². The van der Waals surface area contributed by atoms with Gasteiger partial charge < -0.3 is 15.0 Å². The molecule has 1 saturated heterocycles. The molecule has 0 spiro atoms. The molecular formula is C23H32N2O4. The molecule has 3 rings (SSSR count). The standard InChI is InChI=1S/C23H32N2O4/c1-16-8-6-7-11-20(16)22(27)25-14-12-18(13-15-25)23(28)29-17(2)21(26)24-19-9-4-3-5-10-19/h6-8,11,17-19H,3-5,9-10,12-15H2,1-2H3,(H,24,26). The van der Waals surface area contributed by atoms with Gasteiger partial charge in [0.25, 0.3) is 11.8 Å². The zero-order chi connectivity index (χ0) is 20.8. The molecule has 0 radical (unpaired) electrons. The summed E-state index contributed by atoms with van der Waals surface area (Å²) >= 11 is 0. The number of likely N-dealkylation sites (tertiary alicyclic amines) is 1. The van der Waals surface area contributed by atoms with Gasteiger partial charge in [-0.05, 0) is 51.2 Å². The van der Waals surface area contributed by atoms with Crippen LogP contribution in [0.15, 0.2) is 24.3 Å². The lowest BCUT2D eigenvalue weighted by Crippen LogP contribution is -2.45. The number of carbonyl (C=O) groups excluding carboxylic acids is 3. The van der Waals surface area contributed by atoms with Crippen LogP contribution in [0.1, 0.15) is 67.8 Å². The van der Waals surface area contributed by atoms with E-state index in [4.69, 9.17) is 4.74 Å². The third-order valence-corrected chi connectivity index (χ3v) is 6.10. The lowest BCUT2D eigenvalue weighted by atomic mass is 9.95. The van der Waals surface area contributed by atoms with Crippen LogP contribution in [0.25, 0.3) is 0 Å². The third kappa shape index (κ3) is 5.58. The van der Waals surface area contributed by atoms with E-state index in [0.717, 1.165) is 31.2 Å². The van der Waals surface area contributed by atoms with Crippen molar-refractivity contribution in [3.63, 3.8) is 0 Å². The molecule has 1 saturated carbocycles. The second-order valence-corrected chi connectivity index (χ2v) is 8.30. The molecular weight excluding hydrogens is 368 g/mol. The second-order valence-electron chi connectivity index (χ2n) is 8.30. The van der Waals surface area contributed by atoms with Crippen molar-refractivity contribution in [3.8, 4) is 0 Å². The van der Waals surface area contributed by atoms with Crippen LogP contribution in [0.2, 0.25) is 0 Å². The number of esters is 1. The molecule has 1 atom stereocenters. The van der Waals surface area contributed by atoms with Crippen LogP contribution in [-0.2, 0) is 14.3 Å². The lowest BCUT2D eigenvalue weighted by Gasteiger charge is -2.32. The number of amides is 2. The van der Waals surface area contributed by atoms with Crippen molar-refractivity contribution in [2.75, 3.05) is 13.1 Å². The zero-order valence-corrected chi connectivity index (χ0v) is 17.5. The molecule has 1 aromatic rings. The van der Waals surface area contributed by atoms with Gasteiger partial charge in [0, 0.05) is 24.7 Å².